The maximum atomic E-state index is 12.5. The van der Waals surface area contributed by atoms with Crippen LogP contribution in [0.15, 0.2) is 18.2 Å². The van der Waals surface area contributed by atoms with E-state index in [0.29, 0.717) is 11.3 Å². The van der Waals surface area contributed by atoms with Crippen LogP contribution in [0.3, 0.4) is 0 Å². The number of anilines is 1. The van der Waals surface area contributed by atoms with Crippen molar-refractivity contribution in [3.8, 4) is 0 Å². The molecule has 2 amide bonds. The zero-order chi connectivity index (χ0) is 21.7. The van der Waals surface area contributed by atoms with Gasteiger partial charge in [-0.3, -0.25) is 0 Å². The minimum atomic E-state index is -0.816. The summed E-state index contributed by atoms with van der Waals surface area (Å²) in [5.74, 6) is -0.563. The van der Waals surface area contributed by atoms with Crippen molar-refractivity contribution in [3.63, 3.8) is 0 Å². The Kier molecular flexibility index (Phi) is 7.61. The number of aryl methyl sites for hydroxylation is 1. The molecule has 1 aromatic carbocycles. The van der Waals surface area contributed by atoms with Gasteiger partial charge in [-0.2, -0.15) is 0 Å². The molecule has 0 aliphatic carbocycles. The van der Waals surface area contributed by atoms with Gasteiger partial charge < -0.3 is 20.0 Å². The summed E-state index contributed by atoms with van der Waals surface area (Å²) >= 11 is 0. The lowest BCUT2D eigenvalue weighted by molar-refractivity contribution is -0.109. The van der Waals surface area contributed by atoms with E-state index >= 15 is 0 Å². The van der Waals surface area contributed by atoms with Gasteiger partial charge in [-0.25, -0.2) is 14.5 Å². The second-order valence-electron chi connectivity index (χ2n) is 8.78. The van der Waals surface area contributed by atoms with Crippen molar-refractivity contribution >= 4 is 24.2 Å². The van der Waals surface area contributed by atoms with Crippen LogP contribution in [-0.2, 0) is 14.3 Å². The first-order chi connectivity index (χ1) is 12.7. The van der Waals surface area contributed by atoms with E-state index in [4.69, 9.17) is 15.2 Å². The molecule has 0 bridgehead atoms. The fourth-order valence-electron chi connectivity index (χ4n) is 2.47. The second kappa shape index (κ2) is 9.08. The largest absolute Gasteiger partial charge is 0.443 e. The van der Waals surface area contributed by atoms with Crippen molar-refractivity contribution in [1.82, 2.24) is 4.90 Å². The van der Waals surface area contributed by atoms with Crippen molar-refractivity contribution < 1.29 is 23.9 Å². The zero-order valence-corrected chi connectivity index (χ0v) is 17.9. The van der Waals surface area contributed by atoms with E-state index in [1.165, 1.54) is 0 Å². The average Bonchev–Trinajstić information content (AvgIpc) is 2.50. The van der Waals surface area contributed by atoms with Gasteiger partial charge in [0.1, 0.15) is 17.5 Å². The standard InChI is InChI=1S/C21H32N2O5/c1-14-8-9-17(22)16(12-14)15(13-24)10-11-23(18(25)27-20(2,3)4)19(26)28-21(5,6)7/h8-9,12-13,15H,10-11,22H2,1-7H3. The summed E-state index contributed by atoms with van der Waals surface area (Å²) in [6, 6.07) is 5.43. The van der Waals surface area contributed by atoms with Crippen LogP contribution in [0.1, 0.15) is 65.0 Å². The monoisotopic (exact) mass is 392 g/mol. The third-order valence-corrected chi connectivity index (χ3v) is 3.70. The Morgan fingerprint density at radius 2 is 1.57 bits per heavy atom. The Morgan fingerprint density at radius 3 is 2.00 bits per heavy atom. The number of benzene rings is 1. The predicted molar refractivity (Wildman–Crippen MR) is 108 cm³/mol. The number of hydrogen-bond donors (Lipinski definition) is 1. The molecule has 0 saturated carbocycles. The number of amides is 2. The summed E-state index contributed by atoms with van der Waals surface area (Å²) in [6.45, 7) is 12.1. The van der Waals surface area contributed by atoms with Crippen molar-refractivity contribution in [2.45, 2.75) is 72.0 Å². The molecular weight excluding hydrogens is 360 g/mol. The number of imide groups is 1. The Bertz CT molecular complexity index is 688. The molecule has 0 aliphatic rings. The minimum absolute atomic E-state index is 0.0411. The maximum Gasteiger partial charge on any atom is 0.419 e. The lowest BCUT2D eigenvalue weighted by Gasteiger charge is -2.29. The lowest BCUT2D eigenvalue weighted by Crippen LogP contribution is -2.44. The molecule has 7 heteroatoms. The fourth-order valence-corrected chi connectivity index (χ4v) is 2.47. The summed E-state index contributed by atoms with van der Waals surface area (Å²) in [5.41, 5.74) is 6.58. The smallest absolute Gasteiger partial charge is 0.419 e. The number of carbonyl (C=O) groups is 3. The van der Waals surface area contributed by atoms with Gasteiger partial charge in [0, 0.05) is 18.2 Å². The molecule has 0 aliphatic heterocycles. The molecule has 1 unspecified atom stereocenters. The number of aldehydes is 1. The number of nitrogens with zero attached hydrogens (tertiary/aromatic N) is 1. The normalized spacial score (nSPS) is 12.8. The number of carbonyl (C=O) groups excluding carboxylic acids is 3. The highest BCUT2D eigenvalue weighted by Crippen LogP contribution is 2.26. The average molecular weight is 392 g/mol. The predicted octanol–water partition coefficient (Wildman–Crippen LogP) is 4.42. The zero-order valence-electron chi connectivity index (χ0n) is 17.9. The maximum absolute atomic E-state index is 12.5. The molecule has 0 heterocycles. The summed E-state index contributed by atoms with van der Waals surface area (Å²) < 4.78 is 10.6. The molecule has 2 N–H and O–H groups in total. The van der Waals surface area contributed by atoms with Crippen LogP contribution >= 0.6 is 0 Å². The highest BCUT2D eigenvalue weighted by Gasteiger charge is 2.31. The number of nitrogen functional groups attached to an aromatic ring is 1. The van der Waals surface area contributed by atoms with Crippen LogP contribution < -0.4 is 5.73 Å². The van der Waals surface area contributed by atoms with Crippen molar-refractivity contribution in [2.24, 2.45) is 0 Å². The van der Waals surface area contributed by atoms with Crippen molar-refractivity contribution in [3.05, 3.63) is 29.3 Å². The minimum Gasteiger partial charge on any atom is -0.443 e. The third kappa shape index (κ3) is 7.58. The Balaban J connectivity index is 3.04. The van der Waals surface area contributed by atoms with Crippen LogP contribution in [0.5, 0.6) is 0 Å². The van der Waals surface area contributed by atoms with E-state index in [2.05, 4.69) is 0 Å². The number of hydrogen-bond acceptors (Lipinski definition) is 6. The van der Waals surface area contributed by atoms with E-state index in [1.54, 1.807) is 47.6 Å². The van der Waals surface area contributed by atoms with Crippen molar-refractivity contribution in [1.29, 1.82) is 0 Å². The van der Waals surface area contributed by atoms with Gasteiger partial charge in [-0.15, -0.1) is 0 Å². The molecule has 1 aromatic rings. The molecule has 0 aromatic heterocycles. The highest BCUT2D eigenvalue weighted by molar-refractivity contribution is 5.88. The SMILES string of the molecule is Cc1ccc(N)c(C(C=O)CCN(C(=O)OC(C)(C)C)C(=O)OC(C)(C)C)c1. The first kappa shape index (κ1) is 23.5. The summed E-state index contributed by atoms with van der Waals surface area (Å²) in [7, 11) is 0. The van der Waals surface area contributed by atoms with Gasteiger partial charge in [0.05, 0.1) is 0 Å². The summed E-state index contributed by atoms with van der Waals surface area (Å²) in [5, 5.41) is 0. The van der Waals surface area contributed by atoms with Crippen molar-refractivity contribution in [2.75, 3.05) is 12.3 Å². The van der Waals surface area contributed by atoms with E-state index in [9.17, 15) is 14.4 Å². The van der Waals surface area contributed by atoms with E-state index in [-0.39, 0.29) is 13.0 Å². The molecular formula is C21H32N2O5. The molecule has 156 valence electrons. The number of ether oxygens (including phenoxy) is 2. The van der Waals surface area contributed by atoms with Gasteiger partial charge in [0.15, 0.2) is 0 Å². The quantitative estimate of drug-likeness (QED) is 0.588. The fraction of sp³-hybridized carbons (Fsp3) is 0.571. The van der Waals surface area contributed by atoms with Crippen LogP contribution in [0, 0.1) is 6.92 Å². The van der Waals surface area contributed by atoms with Gasteiger partial charge >= 0.3 is 12.2 Å². The molecule has 7 nitrogen and oxygen atoms in total. The Labute approximate surface area is 167 Å². The number of rotatable bonds is 5. The van der Waals surface area contributed by atoms with Gasteiger partial charge in [-0.1, -0.05) is 17.7 Å². The van der Waals surface area contributed by atoms with Gasteiger partial charge in [-0.05, 0) is 66.5 Å². The summed E-state index contributed by atoms with van der Waals surface area (Å²) in [6.07, 6.45) is -0.657. The Hall–Kier alpha value is -2.57. The molecule has 0 saturated heterocycles. The lowest BCUT2D eigenvalue weighted by atomic mass is 9.94. The number of nitrogens with two attached hydrogens (primary N) is 1. The summed E-state index contributed by atoms with van der Waals surface area (Å²) in [4.78, 5) is 37.6. The first-order valence-electron chi connectivity index (χ1n) is 9.28. The topological polar surface area (TPSA) is 98.9 Å². The highest BCUT2D eigenvalue weighted by atomic mass is 16.6. The molecule has 0 radical (unpaired) electrons. The van der Waals surface area contributed by atoms with Crippen LogP contribution in [0.4, 0.5) is 15.3 Å². The van der Waals surface area contributed by atoms with E-state index in [1.807, 2.05) is 19.1 Å². The van der Waals surface area contributed by atoms with E-state index in [0.717, 1.165) is 16.7 Å². The molecule has 1 atom stereocenters. The molecule has 0 spiro atoms. The molecule has 0 fully saturated rings. The van der Waals surface area contributed by atoms with Crippen LogP contribution in [0.2, 0.25) is 0 Å². The molecule has 28 heavy (non-hydrogen) atoms. The van der Waals surface area contributed by atoms with Crippen LogP contribution in [-0.4, -0.2) is 41.1 Å². The van der Waals surface area contributed by atoms with Crippen LogP contribution in [0.25, 0.3) is 0 Å². The third-order valence-electron chi connectivity index (χ3n) is 3.70. The second-order valence-corrected chi connectivity index (χ2v) is 8.78. The molecule has 1 rings (SSSR count). The van der Waals surface area contributed by atoms with Gasteiger partial charge in [0.2, 0.25) is 0 Å². The van der Waals surface area contributed by atoms with E-state index < -0.39 is 29.3 Å². The Morgan fingerprint density at radius 1 is 1.07 bits per heavy atom. The first-order valence-corrected chi connectivity index (χ1v) is 9.28. The van der Waals surface area contributed by atoms with Gasteiger partial charge in [0.25, 0.3) is 0 Å².